The molecular formula is C29H46N4O6S. The average molecular weight is 579 g/mol. The van der Waals surface area contributed by atoms with Crippen molar-refractivity contribution in [3.8, 4) is 0 Å². The molecule has 0 radical (unpaired) electrons. The van der Waals surface area contributed by atoms with Crippen LogP contribution >= 0.6 is 11.8 Å². The molecule has 4 atom stereocenters. The molecule has 10 nitrogen and oxygen atoms in total. The van der Waals surface area contributed by atoms with Crippen molar-refractivity contribution < 1.29 is 29.0 Å². The summed E-state index contributed by atoms with van der Waals surface area (Å²) in [5, 5.41) is 19.7. The predicted molar refractivity (Wildman–Crippen MR) is 157 cm³/mol. The van der Waals surface area contributed by atoms with Gasteiger partial charge in [0.25, 0.3) is 5.91 Å². The van der Waals surface area contributed by atoms with Gasteiger partial charge in [0.15, 0.2) is 6.10 Å². The highest BCUT2D eigenvalue weighted by atomic mass is 32.2. The Hall–Kier alpha value is -2.79. The van der Waals surface area contributed by atoms with Crippen molar-refractivity contribution in [2.45, 2.75) is 115 Å². The SMILES string of the molecule is CC[C@H](NC(=O)OC(C)(C)C)C(=O)N[C@@H](Cc1ccccc1)[C@H](O)C(=O)N1CSC(C)(C)[C@H]1C(=O)NC(C)(C)C. The van der Waals surface area contributed by atoms with Gasteiger partial charge in [-0.1, -0.05) is 37.3 Å². The zero-order valence-electron chi connectivity index (χ0n) is 25.2. The number of amides is 4. The van der Waals surface area contributed by atoms with E-state index in [2.05, 4.69) is 16.0 Å². The summed E-state index contributed by atoms with van der Waals surface area (Å²) in [5.74, 6) is -1.30. The van der Waals surface area contributed by atoms with Gasteiger partial charge in [-0.3, -0.25) is 14.4 Å². The van der Waals surface area contributed by atoms with Gasteiger partial charge in [0.2, 0.25) is 11.8 Å². The van der Waals surface area contributed by atoms with Crippen LogP contribution in [0.5, 0.6) is 0 Å². The van der Waals surface area contributed by atoms with Gasteiger partial charge in [0.05, 0.1) is 11.9 Å². The van der Waals surface area contributed by atoms with Crippen LogP contribution < -0.4 is 16.0 Å². The van der Waals surface area contributed by atoms with Gasteiger partial charge in [0, 0.05) is 10.3 Å². The number of alkyl carbamates (subject to hydrolysis) is 1. The molecule has 4 N–H and O–H groups in total. The van der Waals surface area contributed by atoms with Crippen molar-refractivity contribution >= 4 is 35.6 Å². The number of thioether (sulfide) groups is 1. The van der Waals surface area contributed by atoms with E-state index in [-0.39, 0.29) is 24.6 Å². The summed E-state index contributed by atoms with van der Waals surface area (Å²) in [5.41, 5.74) is -0.450. The molecule has 0 bridgehead atoms. The number of hydrogen-bond acceptors (Lipinski definition) is 7. The first-order valence-electron chi connectivity index (χ1n) is 13.6. The first-order chi connectivity index (χ1) is 18.3. The Bertz CT molecular complexity index is 1050. The number of rotatable bonds is 9. The summed E-state index contributed by atoms with van der Waals surface area (Å²) < 4.78 is 4.69. The Labute approximate surface area is 242 Å². The third kappa shape index (κ3) is 9.69. The number of nitrogens with one attached hydrogen (secondary N) is 3. The predicted octanol–water partition coefficient (Wildman–Crippen LogP) is 2.97. The molecule has 1 aliphatic heterocycles. The first-order valence-corrected chi connectivity index (χ1v) is 14.6. The van der Waals surface area contributed by atoms with Gasteiger partial charge in [0.1, 0.15) is 17.7 Å². The quantitative estimate of drug-likeness (QED) is 0.354. The number of ether oxygens (including phenoxy) is 1. The van der Waals surface area contributed by atoms with Crippen molar-refractivity contribution in [1.82, 2.24) is 20.9 Å². The Morgan fingerprint density at radius 1 is 1.07 bits per heavy atom. The van der Waals surface area contributed by atoms with Gasteiger partial charge < -0.3 is 30.7 Å². The summed E-state index contributed by atoms with van der Waals surface area (Å²) >= 11 is 1.45. The van der Waals surface area contributed by atoms with E-state index in [4.69, 9.17) is 4.74 Å². The molecule has 1 aliphatic rings. The third-order valence-corrected chi connectivity index (χ3v) is 7.63. The molecule has 0 spiro atoms. The molecule has 0 aromatic heterocycles. The first kappa shape index (κ1) is 33.4. The molecular weight excluding hydrogens is 532 g/mol. The molecule has 0 aliphatic carbocycles. The smallest absolute Gasteiger partial charge is 0.408 e. The molecule has 1 aromatic rings. The van der Waals surface area contributed by atoms with Crippen molar-refractivity contribution in [3.05, 3.63) is 35.9 Å². The number of aliphatic hydroxyl groups excluding tert-OH is 1. The van der Waals surface area contributed by atoms with Crippen LogP contribution in [0.3, 0.4) is 0 Å². The molecule has 1 aromatic carbocycles. The highest BCUT2D eigenvalue weighted by Gasteiger charge is 2.50. The van der Waals surface area contributed by atoms with E-state index in [1.165, 1.54) is 16.7 Å². The summed E-state index contributed by atoms with van der Waals surface area (Å²) in [4.78, 5) is 54.0. The number of carbonyl (C=O) groups excluding carboxylic acids is 4. The van der Waals surface area contributed by atoms with Crippen LogP contribution in [-0.4, -0.2) is 79.8 Å². The highest BCUT2D eigenvalue weighted by Crippen LogP contribution is 2.40. The molecule has 4 amide bonds. The van der Waals surface area contributed by atoms with E-state index in [1.807, 2.05) is 65.0 Å². The van der Waals surface area contributed by atoms with E-state index in [9.17, 15) is 24.3 Å². The Balaban J connectivity index is 2.30. The van der Waals surface area contributed by atoms with Crippen LogP contribution in [0.15, 0.2) is 30.3 Å². The lowest BCUT2D eigenvalue weighted by Crippen LogP contribution is -2.61. The third-order valence-electron chi connectivity index (χ3n) is 6.25. The van der Waals surface area contributed by atoms with E-state index in [0.29, 0.717) is 0 Å². The van der Waals surface area contributed by atoms with E-state index in [1.54, 1.807) is 27.7 Å². The van der Waals surface area contributed by atoms with Gasteiger partial charge in [-0.2, -0.15) is 0 Å². The number of hydrogen-bond donors (Lipinski definition) is 4. The van der Waals surface area contributed by atoms with E-state index in [0.717, 1.165) is 5.56 Å². The second kappa shape index (κ2) is 13.2. The lowest BCUT2D eigenvalue weighted by Gasteiger charge is -2.35. The summed E-state index contributed by atoms with van der Waals surface area (Å²) in [6.07, 6.45) is -1.96. The molecule has 2 rings (SSSR count). The molecule has 0 saturated carbocycles. The fraction of sp³-hybridized carbons (Fsp3) is 0.655. The topological polar surface area (TPSA) is 137 Å². The minimum absolute atomic E-state index is 0.158. The minimum atomic E-state index is -1.64. The minimum Gasteiger partial charge on any atom is -0.444 e. The van der Waals surface area contributed by atoms with Crippen LogP contribution in [-0.2, 0) is 25.5 Å². The number of nitrogens with zero attached hydrogens (tertiary/aromatic N) is 1. The maximum absolute atomic E-state index is 13.7. The van der Waals surface area contributed by atoms with Crippen LogP contribution in [0.1, 0.15) is 74.3 Å². The largest absolute Gasteiger partial charge is 0.444 e. The van der Waals surface area contributed by atoms with Gasteiger partial charge >= 0.3 is 6.09 Å². The van der Waals surface area contributed by atoms with Crippen molar-refractivity contribution in [1.29, 1.82) is 0 Å². The lowest BCUT2D eigenvalue weighted by molar-refractivity contribution is -0.148. The van der Waals surface area contributed by atoms with E-state index >= 15 is 0 Å². The normalized spacial score (nSPS) is 19.2. The van der Waals surface area contributed by atoms with Crippen molar-refractivity contribution in [2.75, 3.05) is 5.88 Å². The van der Waals surface area contributed by atoms with Gasteiger partial charge in [-0.15, -0.1) is 11.8 Å². The molecule has 1 saturated heterocycles. The van der Waals surface area contributed by atoms with Crippen molar-refractivity contribution in [2.24, 2.45) is 0 Å². The lowest BCUT2D eigenvalue weighted by atomic mass is 9.96. The summed E-state index contributed by atoms with van der Waals surface area (Å²) in [7, 11) is 0. The average Bonchev–Trinajstić information content (AvgIpc) is 3.14. The standard InChI is InChI=1S/C29H46N4O6S/c1-10-19(31-26(38)39-28(5,6)7)23(35)30-20(16-18-14-12-11-13-15-18)21(34)25(37)33-17-40-29(8,9)22(33)24(36)32-27(2,3)4/h11-15,19-22,34H,10,16-17H2,1-9H3,(H,30,35)(H,31,38)(H,32,36)/t19-,20-,21-,22+/m0/s1. The monoisotopic (exact) mass is 578 g/mol. The second-order valence-electron chi connectivity index (χ2n) is 12.7. The van der Waals surface area contributed by atoms with Crippen LogP contribution in [0.25, 0.3) is 0 Å². The summed E-state index contributed by atoms with van der Waals surface area (Å²) in [6, 6.07) is 6.39. The van der Waals surface area contributed by atoms with Gasteiger partial charge in [-0.25, -0.2) is 4.79 Å². The Morgan fingerprint density at radius 3 is 2.20 bits per heavy atom. The zero-order valence-corrected chi connectivity index (χ0v) is 26.0. The fourth-order valence-electron chi connectivity index (χ4n) is 4.39. The maximum Gasteiger partial charge on any atom is 0.408 e. The Morgan fingerprint density at radius 2 is 1.68 bits per heavy atom. The second-order valence-corrected chi connectivity index (χ2v) is 14.3. The van der Waals surface area contributed by atoms with Crippen LogP contribution in [0, 0.1) is 0 Å². The zero-order chi connectivity index (χ0) is 30.5. The number of carbonyl (C=O) groups is 4. The molecule has 1 heterocycles. The van der Waals surface area contributed by atoms with E-state index < -0.39 is 58.0 Å². The Kier molecular flexibility index (Phi) is 11.1. The molecule has 224 valence electrons. The maximum atomic E-state index is 13.7. The molecule has 11 heteroatoms. The molecule has 40 heavy (non-hydrogen) atoms. The summed E-state index contributed by atoms with van der Waals surface area (Å²) in [6.45, 7) is 16.3. The van der Waals surface area contributed by atoms with Crippen LogP contribution in [0.4, 0.5) is 4.79 Å². The van der Waals surface area contributed by atoms with Crippen LogP contribution in [0.2, 0.25) is 0 Å². The number of aliphatic hydroxyl groups is 1. The molecule has 1 fully saturated rings. The fourth-order valence-corrected chi connectivity index (χ4v) is 5.53. The van der Waals surface area contributed by atoms with Crippen molar-refractivity contribution in [3.63, 3.8) is 0 Å². The highest BCUT2D eigenvalue weighted by molar-refractivity contribution is 8.00. The molecule has 0 unspecified atom stereocenters. The van der Waals surface area contributed by atoms with Gasteiger partial charge in [-0.05, 0) is 73.8 Å². The number of benzene rings is 1.